The number of fused-ring (bicyclic) bond motifs is 1. The Morgan fingerprint density at radius 1 is 1.18 bits per heavy atom. The fourth-order valence-corrected chi connectivity index (χ4v) is 1.87. The summed E-state index contributed by atoms with van der Waals surface area (Å²) >= 11 is 0. The van der Waals surface area contributed by atoms with Crippen LogP contribution in [0.15, 0.2) is 42.7 Å². The van der Waals surface area contributed by atoms with Crippen LogP contribution in [0.1, 0.15) is 5.56 Å². The zero-order valence-electron chi connectivity index (χ0n) is 9.46. The van der Waals surface area contributed by atoms with E-state index in [1.165, 1.54) is 5.56 Å². The number of hydrogen-bond donors (Lipinski definition) is 1. The summed E-state index contributed by atoms with van der Waals surface area (Å²) in [5, 5.41) is 4.15. The molecule has 2 heterocycles. The quantitative estimate of drug-likeness (QED) is 0.690. The van der Waals surface area contributed by atoms with Gasteiger partial charge in [0.05, 0.1) is 0 Å². The minimum absolute atomic E-state index is 0.485. The SMILES string of the molecule is Cc1cccc(-c2cnc3cc(N)nn3c2)c1. The van der Waals surface area contributed by atoms with Crippen molar-refractivity contribution in [2.75, 3.05) is 5.73 Å². The van der Waals surface area contributed by atoms with Gasteiger partial charge in [0.25, 0.3) is 0 Å². The Morgan fingerprint density at radius 2 is 2.06 bits per heavy atom. The number of benzene rings is 1. The van der Waals surface area contributed by atoms with Crippen molar-refractivity contribution in [1.82, 2.24) is 14.6 Å². The molecule has 3 aromatic rings. The van der Waals surface area contributed by atoms with Gasteiger partial charge in [-0.1, -0.05) is 29.8 Å². The van der Waals surface area contributed by atoms with Crippen LogP contribution < -0.4 is 5.73 Å². The molecule has 4 heteroatoms. The lowest BCUT2D eigenvalue weighted by molar-refractivity contribution is 0.947. The summed E-state index contributed by atoms with van der Waals surface area (Å²) in [6.45, 7) is 2.07. The Hall–Kier alpha value is -2.36. The predicted octanol–water partition coefficient (Wildman–Crippen LogP) is 2.29. The first-order valence-electron chi connectivity index (χ1n) is 5.40. The molecule has 0 saturated heterocycles. The Kier molecular flexibility index (Phi) is 2.08. The van der Waals surface area contributed by atoms with Crippen LogP contribution in [0, 0.1) is 6.92 Å². The predicted molar refractivity (Wildman–Crippen MR) is 67.6 cm³/mol. The van der Waals surface area contributed by atoms with Gasteiger partial charge in [0.1, 0.15) is 5.82 Å². The zero-order valence-corrected chi connectivity index (χ0v) is 9.46. The van der Waals surface area contributed by atoms with Gasteiger partial charge in [-0.05, 0) is 12.5 Å². The molecule has 0 aliphatic rings. The lowest BCUT2D eigenvalue weighted by atomic mass is 10.1. The molecule has 0 spiro atoms. The molecule has 0 atom stereocenters. The lowest BCUT2D eigenvalue weighted by Gasteiger charge is -2.02. The number of nitrogens with two attached hydrogens (primary N) is 1. The van der Waals surface area contributed by atoms with Crippen LogP contribution in [-0.2, 0) is 0 Å². The van der Waals surface area contributed by atoms with E-state index in [1.807, 2.05) is 18.5 Å². The number of aryl methyl sites for hydroxylation is 1. The van der Waals surface area contributed by atoms with Crippen molar-refractivity contribution in [3.05, 3.63) is 48.3 Å². The van der Waals surface area contributed by atoms with E-state index in [2.05, 4.69) is 35.2 Å². The molecule has 0 bridgehead atoms. The highest BCUT2D eigenvalue weighted by Gasteiger charge is 2.03. The Labute approximate surface area is 98.7 Å². The monoisotopic (exact) mass is 224 g/mol. The standard InChI is InChI=1S/C13H12N4/c1-9-3-2-4-10(5-9)11-7-15-13-6-12(14)16-17(13)8-11/h2-8H,1H3,(H2,14,16). The molecule has 0 amide bonds. The maximum absolute atomic E-state index is 5.63. The largest absolute Gasteiger partial charge is 0.382 e. The Bertz CT molecular complexity index is 685. The maximum atomic E-state index is 5.63. The zero-order chi connectivity index (χ0) is 11.8. The number of aromatic nitrogens is 3. The topological polar surface area (TPSA) is 56.2 Å². The van der Waals surface area contributed by atoms with E-state index in [-0.39, 0.29) is 0 Å². The summed E-state index contributed by atoms with van der Waals surface area (Å²) in [5.74, 6) is 0.485. The van der Waals surface area contributed by atoms with Crippen molar-refractivity contribution >= 4 is 11.5 Å². The molecule has 0 saturated carbocycles. The molecule has 0 unspecified atom stereocenters. The maximum Gasteiger partial charge on any atom is 0.157 e. The second kappa shape index (κ2) is 3.59. The van der Waals surface area contributed by atoms with Crippen LogP contribution in [0.3, 0.4) is 0 Å². The van der Waals surface area contributed by atoms with Gasteiger partial charge < -0.3 is 5.73 Å². The fourth-order valence-electron chi connectivity index (χ4n) is 1.87. The Morgan fingerprint density at radius 3 is 2.88 bits per heavy atom. The molecule has 0 fully saturated rings. The van der Waals surface area contributed by atoms with Crippen molar-refractivity contribution in [2.24, 2.45) is 0 Å². The highest BCUT2D eigenvalue weighted by Crippen LogP contribution is 2.20. The normalized spacial score (nSPS) is 10.9. The molecule has 2 N–H and O–H groups in total. The highest BCUT2D eigenvalue weighted by molar-refractivity contribution is 5.64. The summed E-state index contributed by atoms with van der Waals surface area (Å²) < 4.78 is 1.70. The van der Waals surface area contributed by atoms with Crippen molar-refractivity contribution in [2.45, 2.75) is 6.92 Å². The summed E-state index contributed by atoms with van der Waals surface area (Å²) in [6, 6.07) is 10.0. The van der Waals surface area contributed by atoms with Crippen LogP contribution in [0.5, 0.6) is 0 Å². The third kappa shape index (κ3) is 1.73. The first-order chi connectivity index (χ1) is 8.22. The Balaban J connectivity index is 2.17. The van der Waals surface area contributed by atoms with Gasteiger partial charge in [-0.2, -0.15) is 0 Å². The van der Waals surface area contributed by atoms with Crippen molar-refractivity contribution in [3.8, 4) is 11.1 Å². The average Bonchev–Trinajstić information content (AvgIpc) is 2.68. The van der Waals surface area contributed by atoms with E-state index < -0.39 is 0 Å². The third-order valence-electron chi connectivity index (χ3n) is 2.68. The van der Waals surface area contributed by atoms with E-state index in [9.17, 15) is 0 Å². The number of anilines is 1. The smallest absolute Gasteiger partial charge is 0.157 e. The molecule has 84 valence electrons. The van der Waals surface area contributed by atoms with Gasteiger partial charge in [0.2, 0.25) is 0 Å². The van der Waals surface area contributed by atoms with Gasteiger partial charge in [-0.15, -0.1) is 5.10 Å². The van der Waals surface area contributed by atoms with Gasteiger partial charge in [0, 0.05) is 24.0 Å². The summed E-state index contributed by atoms with van der Waals surface area (Å²) in [5.41, 5.74) is 9.78. The van der Waals surface area contributed by atoms with Gasteiger partial charge in [-0.3, -0.25) is 0 Å². The van der Waals surface area contributed by atoms with Crippen LogP contribution in [0.4, 0.5) is 5.82 Å². The minimum Gasteiger partial charge on any atom is -0.382 e. The molecule has 2 aromatic heterocycles. The molecule has 4 nitrogen and oxygen atoms in total. The van der Waals surface area contributed by atoms with Crippen LogP contribution >= 0.6 is 0 Å². The third-order valence-corrected chi connectivity index (χ3v) is 2.68. The van der Waals surface area contributed by atoms with Gasteiger partial charge in [0.15, 0.2) is 5.65 Å². The molecule has 1 aromatic carbocycles. The first kappa shape index (κ1) is 9.84. The number of hydrogen-bond acceptors (Lipinski definition) is 3. The van der Waals surface area contributed by atoms with Gasteiger partial charge >= 0.3 is 0 Å². The number of nitrogen functional groups attached to an aromatic ring is 1. The summed E-state index contributed by atoms with van der Waals surface area (Å²) in [6.07, 6.45) is 3.78. The molecule has 0 radical (unpaired) electrons. The second-order valence-electron chi connectivity index (χ2n) is 4.08. The fraction of sp³-hybridized carbons (Fsp3) is 0.0769. The number of rotatable bonds is 1. The van der Waals surface area contributed by atoms with Crippen LogP contribution in [-0.4, -0.2) is 14.6 Å². The highest BCUT2D eigenvalue weighted by atomic mass is 15.3. The molecule has 3 rings (SSSR count). The van der Waals surface area contributed by atoms with Crippen molar-refractivity contribution in [3.63, 3.8) is 0 Å². The van der Waals surface area contributed by atoms with E-state index in [0.717, 1.165) is 16.8 Å². The summed E-state index contributed by atoms with van der Waals surface area (Å²) in [4.78, 5) is 4.33. The van der Waals surface area contributed by atoms with E-state index >= 15 is 0 Å². The van der Waals surface area contributed by atoms with E-state index in [1.54, 1.807) is 10.6 Å². The van der Waals surface area contributed by atoms with Crippen molar-refractivity contribution < 1.29 is 0 Å². The molecule has 17 heavy (non-hydrogen) atoms. The molecular weight excluding hydrogens is 212 g/mol. The first-order valence-corrected chi connectivity index (χ1v) is 5.40. The van der Waals surface area contributed by atoms with Crippen LogP contribution in [0.25, 0.3) is 16.8 Å². The number of nitrogens with zero attached hydrogens (tertiary/aromatic N) is 3. The lowest BCUT2D eigenvalue weighted by Crippen LogP contribution is -1.92. The average molecular weight is 224 g/mol. The molecular formula is C13H12N4. The molecule has 0 aliphatic heterocycles. The van der Waals surface area contributed by atoms with Gasteiger partial charge in [-0.25, -0.2) is 9.50 Å². The van der Waals surface area contributed by atoms with Crippen LogP contribution in [0.2, 0.25) is 0 Å². The van der Waals surface area contributed by atoms with Crippen molar-refractivity contribution in [1.29, 1.82) is 0 Å². The van der Waals surface area contributed by atoms with E-state index in [0.29, 0.717) is 5.82 Å². The minimum atomic E-state index is 0.485. The molecule has 0 aliphatic carbocycles. The second-order valence-corrected chi connectivity index (χ2v) is 4.08. The summed E-state index contributed by atoms with van der Waals surface area (Å²) in [7, 11) is 0. The van der Waals surface area contributed by atoms with E-state index in [4.69, 9.17) is 5.73 Å².